The van der Waals surface area contributed by atoms with Gasteiger partial charge in [-0.05, 0) is 43.9 Å². The van der Waals surface area contributed by atoms with E-state index in [1.165, 1.54) is 5.56 Å². The third kappa shape index (κ3) is 3.71. The summed E-state index contributed by atoms with van der Waals surface area (Å²) in [6, 6.07) is 12.8. The van der Waals surface area contributed by atoms with E-state index in [9.17, 15) is 0 Å². The lowest BCUT2D eigenvalue weighted by Gasteiger charge is -2.16. The van der Waals surface area contributed by atoms with Gasteiger partial charge in [0.15, 0.2) is 0 Å². The van der Waals surface area contributed by atoms with Crippen LogP contribution in [0.5, 0.6) is 0 Å². The van der Waals surface area contributed by atoms with Gasteiger partial charge in [-0.25, -0.2) is 4.98 Å². The number of aromatic nitrogens is 1. The smallest absolute Gasteiger partial charge is 0.149 e. The largest absolute Gasteiger partial charge is 0.396 e. The van der Waals surface area contributed by atoms with Crippen molar-refractivity contribution < 1.29 is 0 Å². The number of benzene rings is 1. The zero-order valence-corrected chi connectivity index (χ0v) is 11.6. The van der Waals surface area contributed by atoms with E-state index >= 15 is 0 Å². The van der Waals surface area contributed by atoms with E-state index in [2.05, 4.69) is 41.5 Å². The minimum Gasteiger partial charge on any atom is -0.396 e. The predicted octanol–water partition coefficient (Wildman–Crippen LogP) is 3.41. The van der Waals surface area contributed by atoms with Crippen LogP contribution in [0.15, 0.2) is 42.6 Å². The van der Waals surface area contributed by atoms with Gasteiger partial charge in [-0.15, -0.1) is 0 Å². The van der Waals surface area contributed by atoms with Crippen molar-refractivity contribution in [1.82, 2.24) is 4.98 Å². The Labute approximate surface area is 114 Å². The van der Waals surface area contributed by atoms with E-state index in [-0.39, 0.29) is 0 Å². The number of aryl methyl sites for hydroxylation is 2. The Morgan fingerprint density at radius 3 is 2.68 bits per heavy atom. The van der Waals surface area contributed by atoms with Crippen LogP contribution in [0.25, 0.3) is 0 Å². The second kappa shape index (κ2) is 6.23. The number of nitrogens with zero attached hydrogens (tertiary/aromatic N) is 1. The SMILES string of the molecule is Cc1ccnc(NC(C)CCc2ccccc2)c1N. The summed E-state index contributed by atoms with van der Waals surface area (Å²) in [5.74, 6) is 0.792. The van der Waals surface area contributed by atoms with Crippen LogP contribution in [0.1, 0.15) is 24.5 Å². The number of hydrogen-bond donors (Lipinski definition) is 2. The third-order valence-corrected chi connectivity index (χ3v) is 3.30. The van der Waals surface area contributed by atoms with Gasteiger partial charge in [0, 0.05) is 12.2 Å². The van der Waals surface area contributed by atoms with Gasteiger partial charge < -0.3 is 11.1 Å². The summed E-state index contributed by atoms with van der Waals surface area (Å²) < 4.78 is 0. The maximum absolute atomic E-state index is 6.01. The lowest BCUT2D eigenvalue weighted by atomic mass is 10.1. The molecule has 1 heterocycles. The fourth-order valence-corrected chi connectivity index (χ4v) is 2.02. The van der Waals surface area contributed by atoms with Crippen molar-refractivity contribution in [2.24, 2.45) is 0 Å². The minimum atomic E-state index is 0.344. The highest BCUT2D eigenvalue weighted by Crippen LogP contribution is 2.20. The fourth-order valence-electron chi connectivity index (χ4n) is 2.02. The zero-order valence-electron chi connectivity index (χ0n) is 11.6. The molecule has 0 saturated carbocycles. The Morgan fingerprint density at radius 2 is 1.95 bits per heavy atom. The lowest BCUT2D eigenvalue weighted by Crippen LogP contribution is -2.18. The molecule has 0 aliphatic heterocycles. The number of anilines is 2. The number of pyridine rings is 1. The molecule has 0 fully saturated rings. The van der Waals surface area contributed by atoms with Crippen molar-refractivity contribution in [2.45, 2.75) is 32.7 Å². The number of nitrogen functional groups attached to an aromatic ring is 1. The molecule has 0 amide bonds. The zero-order chi connectivity index (χ0) is 13.7. The third-order valence-electron chi connectivity index (χ3n) is 3.30. The molecule has 3 heteroatoms. The normalized spacial score (nSPS) is 12.1. The quantitative estimate of drug-likeness (QED) is 0.861. The number of nitrogens with one attached hydrogen (secondary N) is 1. The topological polar surface area (TPSA) is 50.9 Å². The van der Waals surface area contributed by atoms with Crippen LogP contribution in [0.3, 0.4) is 0 Å². The molecule has 1 aromatic carbocycles. The molecule has 19 heavy (non-hydrogen) atoms. The molecular formula is C16H21N3. The van der Waals surface area contributed by atoms with Crippen molar-refractivity contribution in [3.05, 3.63) is 53.7 Å². The number of rotatable bonds is 5. The number of nitrogens with two attached hydrogens (primary N) is 1. The standard InChI is InChI=1S/C16H21N3/c1-12-10-11-18-16(15(12)17)19-13(2)8-9-14-6-4-3-5-7-14/h3-7,10-11,13H,8-9,17H2,1-2H3,(H,18,19). The monoisotopic (exact) mass is 255 g/mol. The Morgan fingerprint density at radius 1 is 1.21 bits per heavy atom. The van der Waals surface area contributed by atoms with Crippen LogP contribution in [0, 0.1) is 6.92 Å². The van der Waals surface area contributed by atoms with E-state index < -0.39 is 0 Å². The van der Waals surface area contributed by atoms with Crippen molar-refractivity contribution >= 4 is 11.5 Å². The molecule has 100 valence electrons. The molecular weight excluding hydrogens is 234 g/mol. The maximum atomic E-state index is 6.01. The molecule has 3 nitrogen and oxygen atoms in total. The summed E-state index contributed by atoms with van der Waals surface area (Å²) in [7, 11) is 0. The van der Waals surface area contributed by atoms with Crippen LogP contribution >= 0.6 is 0 Å². The average Bonchev–Trinajstić information content (AvgIpc) is 2.43. The summed E-state index contributed by atoms with van der Waals surface area (Å²) in [5.41, 5.74) is 9.18. The molecule has 0 spiro atoms. The van der Waals surface area contributed by atoms with Crippen molar-refractivity contribution in [2.75, 3.05) is 11.1 Å². The van der Waals surface area contributed by atoms with Crippen LogP contribution in [0.4, 0.5) is 11.5 Å². The number of hydrogen-bond acceptors (Lipinski definition) is 3. The minimum absolute atomic E-state index is 0.344. The van der Waals surface area contributed by atoms with Gasteiger partial charge in [0.1, 0.15) is 5.82 Å². The molecule has 1 unspecified atom stereocenters. The molecule has 0 bridgehead atoms. The van der Waals surface area contributed by atoms with Gasteiger partial charge in [-0.1, -0.05) is 30.3 Å². The van der Waals surface area contributed by atoms with Crippen molar-refractivity contribution in [3.8, 4) is 0 Å². The highest BCUT2D eigenvalue weighted by atomic mass is 15.0. The van der Waals surface area contributed by atoms with E-state index in [1.807, 2.05) is 19.1 Å². The maximum Gasteiger partial charge on any atom is 0.149 e. The van der Waals surface area contributed by atoms with E-state index in [0.717, 1.165) is 29.9 Å². The molecule has 1 atom stereocenters. The highest BCUT2D eigenvalue weighted by molar-refractivity contribution is 5.65. The second-order valence-corrected chi connectivity index (χ2v) is 4.96. The molecule has 1 aromatic heterocycles. The van der Waals surface area contributed by atoms with Crippen molar-refractivity contribution in [1.29, 1.82) is 0 Å². The Kier molecular flexibility index (Phi) is 4.39. The van der Waals surface area contributed by atoms with Gasteiger partial charge in [0.2, 0.25) is 0 Å². The molecule has 0 aliphatic rings. The van der Waals surface area contributed by atoms with Gasteiger partial charge in [0.05, 0.1) is 5.69 Å². The molecule has 0 aliphatic carbocycles. The predicted molar refractivity (Wildman–Crippen MR) is 81.2 cm³/mol. The summed E-state index contributed by atoms with van der Waals surface area (Å²) in [6.45, 7) is 4.16. The Hall–Kier alpha value is -2.03. The molecule has 2 rings (SSSR count). The second-order valence-electron chi connectivity index (χ2n) is 4.96. The van der Waals surface area contributed by atoms with Crippen LogP contribution in [-0.4, -0.2) is 11.0 Å². The van der Waals surface area contributed by atoms with E-state index in [4.69, 9.17) is 5.73 Å². The summed E-state index contributed by atoms with van der Waals surface area (Å²) in [4.78, 5) is 4.30. The summed E-state index contributed by atoms with van der Waals surface area (Å²) in [6.07, 6.45) is 3.90. The molecule has 0 radical (unpaired) electrons. The molecule has 0 saturated heterocycles. The van der Waals surface area contributed by atoms with Gasteiger partial charge in [-0.2, -0.15) is 0 Å². The average molecular weight is 255 g/mol. The van der Waals surface area contributed by atoms with Gasteiger partial charge in [0.25, 0.3) is 0 Å². The summed E-state index contributed by atoms with van der Waals surface area (Å²) >= 11 is 0. The fraction of sp³-hybridized carbons (Fsp3) is 0.312. The lowest BCUT2D eigenvalue weighted by molar-refractivity contribution is 0.703. The Bertz CT molecular complexity index is 523. The molecule has 3 N–H and O–H groups in total. The first-order valence-electron chi connectivity index (χ1n) is 6.68. The first-order chi connectivity index (χ1) is 9.16. The van der Waals surface area contributed by atoms with Crippen molar-refractivity contribution in [3.63, 3.8) is 0 Å². The van der Waals surface area contributed by atoms with Crippen LogP contribution in [-0.2, 0) is 6.42 Å². The molecule has 2 aromatic rings. The first-order valence-corrected chi connectivity index (χ1v) is 6.68. The summed E-state index contributed by atoms with van der Waals surface area (Å²) in [5, 5.41) is 3.39. The highest BCUT2D eigenvalue weighted by Gasteiger charge is 2.07. The van der Waals surface area contributed by atoms with Crippen LogP contribution in [0.2, 0.25) is 0 Å². The van der Waals surface area contributed by atoms with Gasteiger partial charge in [-0.3, -0.25) is 0 Å². The Balaban J connectivity index is 1.91. The first kappa shape index (κ1) is 13.4. The van der Waals surface area contributed by atoms with Crippen LogP contribution < -0.4 is 11.1 Å². The van der Waals surface area contributed by atoms with E-state index in [1.54, 1.807) is 6.20 Å². The van der Waals surface area contributed by atoms with Gasteiger partial charge >= 0.3 is 0 Å². The van der Waals surface area contributed by atoms with E-state index in [0.29, 0.717) is 6.04 Å².